The van der Waals surface area contributed by atoms with Gasteiger partial charge in [0.1, 0.15) is 11.9 Å². The van der Waals surface area contributed by atoms with Gasteiger partial charge in [0.2, 0.25) is 0 Å². The Hall–Kier alpha value is -3.20. The number of hydrogen-bond acceptors (Lipinski definition) is 3. The van der Waals surface area contributed by atoms with Crippen molar-refractivity contribution >= 4 is 11.9 Å². The Labute approximate surface area is 132 Å². The Bertz CT molecular complexity index is 766. The van der Waals surface area contributed by atoms with Gasteiger partial charge in [-0.15, -0.1) is 0 Å². The van der Waals surface area contributed by atoms with E-state index in [0.717, 1.165) is 6.07 Å². The first-order valence-electron chi connectivity index (χ1n) is 6.78. The molecule has 0 aromatic heterocycles. The largest absolute Gasteiger partial charge is 0.480 e. The molecule has 0 aliphatic heterocycles. The number of nitrogens with one attached hydrogen (secondary N) is 1. The maximum absolute atomic E-state index is 13.6. The fourth-order valence-electron chi connectivity index (χ4n) is 2.03. The highest BCUT2D eigenvalue weighted by Gasteiger charge is 2.22. The first kappa shape index (κ1) is 16.2. The monoisotopic (exact) mass is 312 g/mol. The van der Waals surface area contributed by atoms with Crippen LogP contribution in [0.25, 0.3) is 0 Å². The van der Waals surface area contributed by atoms with Crippen molar-refractivity contribution in [3.63, 3.8) is 0 Å². The van der Waals surface area contributed by atoms with Crippen molar-refractivity contribution in [1.29, 1.82) is 5.26 Å². The molecule has 0 aliphatic carbocycles. The van der Waals surface area contributed by atoms with Crippen molar-refractivity contribution in [2.24, 2.45) is 0 Å². The molecule has 6 heteroatoms. The van der Waals surface area contributed by atoms with Crippen LogP contribution in [-0.2, 0) is 11.2 Å². The third-order valence-corrected chi connectivity index (χ3v) is 3.24. The molecule has 0 unspecified atom stereocenters. The van der Waals surface area contributed by atoms with Crippen LogP contribution in [0.5, 0.6) is 0 Å². The number of benzene rings is 2. The minimum atomic E-state index is -1.22. The molecule has 5 nitrogen and oxygen atoms in total. The Morgan fingerprint density at radius 3 is 2.39 bits per heavy atom. The number of halogens is 1. The maximum atomic E-state index is 13.6. The van der Waals surface area contributed by atoms with Crippen LogP contribution in [0.2, 0.25) is 0 Å². The molecule has 2 aromatic rings. The van der Waals surface area contributed by atoms with E-state index in [4.69, 9.17) is 5.26 Å². The summed E-state index contributed by atoms with van der Waals surface area (Å²) in [5.74, 6) is -2.73. The van der Waals surface area contributed by atoms with Crippen LogP contribution in [-0.4, -0.2) is 23.0 Å². The first-order chi connectivity index (χ1) is 11.0. The van der Waals surface area contributed by atoms with E-state index in [-0.39, 0.29) is 12.0 Å². The van der Waals surface area contributed by atoms with Crippen LogP contribution in [0.3, 0.4) is 0 Å². The van der Waals surface area contributed by atoms with Crippen molar-refractivity contribution < 1.29 is 19.1 Å². The second-order valence-electron chi connectivity index (χ2n) is 4.86. The summed E-state index contributed by atoms with van der Waals surface area (Å²) in [7, 11) is 0. The quantitative estimate of drug-likeness (QED) is 0.885. The molecule has 0 fully saturated rings. The minimum Gasteiger partial charge on any atom is -0.480 e. The predicted molar refractivity (Wildman–Crippen MR) is 80.2 cm³/mol. The average Bonchev–Trinajstić information content (AvgIpc) is 2.55. The van der Waals surface area contributed by atoms with Crippen LogP contribution >= 0.6 is 0 Å². The maximum Gasteiger partial charge on any atom is 0.326 e. The number of hydrogen-bond donors (Lipinski definition) is 2. The van der Waals surface area contributed by atoms with E-state index >= 15 is 0 Å². The molecule has 0 spiro atoms. The lowest BCUT2D eigenvalue weighted by Crippen LogP contribution is -2.42. The second kappa shape index (κ2) is 7.18. The van der Waals surface area contributed by atoms with Gasteiger partial charge in [-0.1, -0.05) is 24.3 Å². The Morgan fingerprint density at radius 2 is 1.83 bits per heavy atom. The number of carbonyl (C=O) groups is 2. The number of carbonyl (C=O) groups excluding carboxylic acids is 1. The van der Waals surface area contributed by atoms with Crippen molar-refractivity contribution in [2.75, 3.05) is 0 Å². The topological polar surface area (TPSA) is 90.2 Å². The molecule has 0 bridgehead atoms. The Kier molecular flexibility index (Phi) is 5.05. The smallest absolute Gasteiger partial charge is 0.326 e. The van der Waals surface area contributed by atoms with E-state index in [2.05, 4.69) is 5.32 Å². The highest BCUT2D eigenvalue weighted by atomic mass is 19.1. The van der Waals surface area contributed by atoms with Gasteiger partial charge in [0.15, 0.2) is 0 Å². The molecule has 2 rings (SSSR count). The summed E-state index contributed by atoms with van der Waals surface area (Å²) in [6.45, 7) is 0. The zero-order chi connectivity index (χ0) is 16.8. The molecule has 0 radical (unpaired) electrons. The van der Waals surface area contributed by atoms with Gasteiger partial charge >= 0.3 is 5.97 Å². The van der Waals surface area contributed by atoms with Crippen molar-refractivity contribution in [1.82, 2.24) is 5.32 Å². The average molecular weight is 312 g/mol. The molecule has 0 heterocycles. The molecule has 2 aromatic carbocycles. The fraction of sp³-hybridized carbons (Fsp3) is 0.118. The molecule has 116 valence electrons. The molecule has 0 saturated carbocycles. The number of carboxylic acids is 1. The molecule has 23 heavy (non-hydrogen) atoms. The highest BCUT2D eigenvalue weighted by molar-refractivity contribution is 5.96. The number of amides is 1. The summed E-state index contributed by atoms with van der Waals surface area (Å²) in [6, 6.07) is 12.5. The highest BCUT2D eigenvalue weighted by Crippen LogP contribution is 2.09. The lowest BCUT2D eigenvalue weighted by atomic mass is 10.0. The van der Waals surface area contributed by atoms with Crippen LogP contribution in [0.15, 0.2) is 48.5 Å². The SMILES string of the molecule is N#Cc1ccc(C[C@H](NC(=O)c2ccccc2F)C(=O)O)cc1. The third kappa shape index (κ3) is 4.14. The van der Waals surface area contributed by atoms with E-state index in [9.17, 15) is 19.1 Å². The van der Waals surface area contributed by atoms with E-state index < -0.39 is 23.7 Å². The summed E-state index contributed by atoms with van der Waals surface area (Å²) in [4.78, 5) is 23.3. The van der Waals surface area contributed by atoms with Crippen LogP contribution in [0.1, 0.15) is 21.5 Å². The number of nitriles is 1. The zero-order valence-corrected chi connectivity index (χ0v) is 12.0. The van der Waals surface area contributed by atoms with Crippen LogP contribution in [0.4, 0.5) is 4.39 Å². The van der Waals surface area contributed by atoms with Gasteiger partial charge in [0.25, 0.3) is 5.91 Å². The Morgan fingerprint density at radius 1 is 1.17 bits per heavy atom. The van der Waals surface area contributed by atoms with E-state index in [1.807, 2.05) is 6.07 Å². The number of rotatable bonds is 5. The zero-order valence-electron chi connectivity index (χ0n) is 12.0. The second-order valence-corrected chi connectivity index (χ2v) is 4.86. The summed E-state index contributed by atoms with van der Waals surface area (Å²) in [5, 5.41) is 20.3. The summed E-state index contributed by atoms with van der Waals surface area (Å²) < 4.78 is 13.6. The van der Waals surface area contributed by atoms with Crippen LogP contribution in [0, 0.1) is 17.1 Å². The lowest BCUT2D eigenvalue weighted by Gasteiger charge is -2.15. The van der Waals surface area contributed by atoms with Gasteiger partial charge in [0.05, 0.1) is 17.2 Å². The van der Waals surface area contributed by atoms with Crippen molar-refractivity contribution in [3.8, 4) is 6.07 Å². The number of carboxylic acid groups (broad SMARTS) is 1. The van der Waals surface area contributed by atoms with Gasteiger partial charge in [0, 0.05) is 6.42 Å². The van der Waals surface area contributed by atoms with E-state index in [1.165, 1.54) is 18.2 Å². The molecule has 0 saturated heterocycles. The van der Waals surface area contributed by atoms with Gasteiger partial charge in [-0.05, 0) is 29.8 Å². The molecule has 1 amide bonds. The molecular formula is C17H13FN2O3. The summed E-state index contributed by atoms with van der Waals surface area (Å²) in [5.41, 5.74) is 0.889. The Balaban J connectivity index is 2.12. The fourth-order valence-corrected chi connectivity index (χ4v) is 2.03. The molecule has 1 atom stereocenters. The van der Waals surface area contributed by atoms with Gasteiger partial charge < -0.3 is 10.4 Å². The normalized spacial score (nSPS) is 11.3. The van der Waals surface area contributed by atoms with Crippen LogP contribution < -0.4 is 5.32 Å². The van der Waals surface area contributed by atoms with E-state index in [0.29, 0.717) is 11.1 Å². The van der Waals surface area contributed by atoms with Gasteiger partial charge in [-0.3, -0.25) is 4.79 Å². The summed E-state index contributed by atoms with van der Waals surface area (Å²) in [6.07, 6.45) is 0.0290. The van der Waals surface area contributed by atoms with E-state index in [1.54, 1.807) is 24.3 Å². The van der Waals surface area contributed by atoms with Crippen molar-refractivity contribution in [3.05, 3.63) is 71.0 Å². The minimum absolute atomic E-state index is 0.0290. The standard InChI is InChI=1S/C17H13FN2O3/c18-14-4-2-1-3-13(14)16(21)20-15(17(22)23)9-11-5-7-12(10-19)8-6-11/h1-8,15H,9H2,(H,20,21)(H,22,23)/t15-/m0/s1. The van der Waals surface area contributed by atoms with Gasteiger partial charge in [-0.25, -0.2) is 9.18 Å². The first-order valence-corrected chi connectivity index (χ1v) is 6.78. The third-order valence-electron chi connectivity index (χ3n) is 3.24. The number of aliphatic carboxylic acids is 1. The van der Waals surface area contributed by atoms with Crippen molar-refractivity contribution in [2.45, 2.75) is 12.5 Å². The molecular weight excluding hydrogens is 299 g/mol. The lowest BCUT2D eigenvalue weighted by molar-refractivity contribution is -0.139. The van der Waals surface area contributed by atoms with Gasteiger partial charge in [-0.2, -0.15) is 5.26 Å². The molecule has 0 aliphatic rings. The predicted octanol–water partition coefficient (Wildman–Crippen LogP) is 2.12. The summed E-state index contributed by atoms with van der Waals surface area (Å²) >= 11 is 0. The molecule has 2 N–H and O–H groups in total. The number of nitrogens with zero attached hydrogens (tertiary/aromatic N) is 1.